The molecule has 0 fully saturated rings. The van der Waals surface area contributed by atoms with Gasteiger partial charge in [-0.3, -0.25) is 0 Å². The van der Waals surface area contributed by atoms with Crippen molar-refractivity contribution in [3.63, 3.8) is 0 Å². The van der Waals surface area contributed by atoms with Crippen LogP contribution in [0.25, 0.3) is 0 Å². The van der Waals surface area contributed by atoms with Gasteiger partial charge in [0.1, 0.15) is 0 Å². The smallest absolute Gasteiger partial charge is 0.231 e. The van der Waals surface area contributed by atoms with Crippen molar-refractivity contribution in [1.29, 1.82) is 0 Å². The van der Waals surface area contributed by atoms with Crippen LogP contribution >= 0.6 is 0 Å². The van der Waals surface area contributed by atoms with Crippen molar-refractivity contribution in [2.75, 3.05) is 41.3 Å². The summed E-state index contributed by atoms with van der Waals surface area (Å²) in [7, 11) is -3.52. The standard InChI is InChI=1S/C9H19N7O2S/c1-3-16(4-2)9-14-7(10)13-8(15-9)12-5-6-19(11,17)18/h3-6H2,1-2H3,(H2,11,17,18)(H3,10,12,13,14,15). The third-order valence-corrected chi connectivity index (χ3v) is 3.13. The van der Waals surface area contributed by atoms with Gasteiger partial charge in [-0.15, -0.1) is 0 Å². The van der Waals surface area contributed by atoms with Gasteiger partial charge in [0.2, 0.25) is 27.9 Å². The Kier molecular flexibility index (Phi) is 5.24. The van der Waals surface area contributed by atoms with Crippen molar-refractivity contribution in [1.82, 2.24) is 15.0 Å². The van der Waals surface area contributed by atoms with Crippen LogP contribution in [0.15, 0.2) is 0 Å². The van der Waals surface area contributed by atoms with Gasteiger partial charge in [0.15, 0.2) is 0 Å². The maximum atomic E-state index is 10.8. The van der Waals surface area contributed by atoms with Gasteiger partial charge in [-0.25, -0.2) is 13.6 Å². The minimum atomic E-state index is -3.52. The van der Waals surface area contributed by atoms with Crippen LogP contribution in [0.2, 0.25) is 0 Å². The average molecular weight is 289 g/mol. The Balaban J connectivity index is 2.79. The van der Waals surface area contributed by atoms with Crippen molar-refractivity contribution < 1.29 is 8.42 Å². The third-order valence-electron chi connectivity index (χ3n) is 2.36. The summed E-state index contributed by atoms with van der Waals surface area (Å²) in [5.74, 6) is 0.558. The number of hydrogen-bond acceptors (Lipinski definition) is 8. The zero-order valence-corrected chi connectivity index (χ0v) is 11.8. The molecule has 0 saturated carbocycles. The molecule has 0 saturated heterocycles. The predicted molar refractivity (Wildman–Crippen MR) is 74.3 cm³/mol. The highest BCUT2D eigenvalue weighted by Crippen LogP contribution is 2.11. The van der Waals surface area contributed by atoms with Crippen LogP contribution in [-0.2, 0) is 10.0 Å². The zero-order chi connectivity index (χ0) is 14.5. The Hall–Kier alpha value is -1.68. The molecule has 0 aromatic carbocycles. The number of hydrogen-bond donors (Lipinski definition) is 3. The summed E-state index contributed by atoms with van der Waals surface area (Å²) in [6.45, 7) is 5.52. The van der Waals surface area contributed by atoms with E-state index in [-0.39, 0.29) is 24.2 Å². The fraction of sp³-hybridized carbons (Fsp3) is 0.667. The topological polar surface area (TPSA) is 140 Å². The highest BCUT2D eigenvalue weighted by molar-refractivity contribution is 7.89. The van der Waals surface area contributed by atoms with Gasteiger partial charge in [0.25, 0.3) is 0 Å². The molecule has 1 aromatic rings. The highest BCUT2D eigenvalue weighted by Gasteiger charge is 2.10. The summed E-state index contributed by atoms with van der Waals surface area (Å²) in [6, 6.07) is 0. The summed E-state index contributed by atoms with van der Waals surface area (Å²) in [4.78, 5) is 14.0. The van der Waals surface area contributed by atoms with Crippen molar-refractivity contribution >= 4 is 27.9 Å². The maximum absolute atomic E-state index is 10.8. The summed E-state index contributed by atoms with van der Waals surface area (Å²) in [6.07, 6.45) is 0. The molecule has 9 nitrogen and oxygen atoms in total. The molecule has 0 amide bonds. The number of sulfonamides is 1. The van der Waals surface area contributed by atoms with Gasteiger partial charge < -0.3 is 16.0 Å². The second-order valence-corrected chi connectivity index (χ2v) is 5.52. The summed E-state index contributed by atoms with van der Waals surface area (Å²) < 4.78 is 21.6. The monoisotopic (exact) mass is 289 g/mol. The lowest BCUT2D eigenvalue weighted by molar-refractivity contribution is 0.598. The largest absolute Gasteiger partial charge is 0.368 e. The van der Waals surface area contributed by atoms with E-state index in [1.54, 1.807) is 0 Å². The van der Waals surface area contributed by atoms with Crippen molar-refractivity contribution in [2.45, 2.75) is 13.8 Å². The van der Waals surface area contributed by atoms with Crippen molar-refractivity contribution in [3.05, 3.63) is 0 Å². The van der Waals surface area contributed by atoms with Crippen LogP contribution in [0.4, 0.5) is 17.8 Å². The Morgan fingerprint density at radius 1 is 1.21 bits per heavy atom. The van der Waals surface area contributed by atoms with Crippen LogP contribution in [-0.4, -0.2) is 48.8 Å². The van der Waals surface area contributed by atoms with Crippen LogP contribution in [0.5, 0.6) is 0 Å². The van der Waals surface area contributed by atoms with E-state index in [9.17, 15) is 8.42 Å². The number of primary sulfonamides is 1. The lowest BCUT2D eigenvalue weighted by atomic mass is 10.5. The zero-order valence-electron chi connectivity index (χ0n) is 11.0. The van der Waals surface area contributed by atoms with E-state index in [0.29, 0.717) is 5.95 Å². The van der Waals surface area contributed by atoms with Gasteiger partial charge in [0.05, 0.1) is 5.75 Å². The predicted octanol–water partition coefficient (Wildman–Crippen LogP) is -1.000. The van der Waals surface area contributed by atoms with Gasteiger partial charge >= 0.3 is 0 Å². The van der Waals surface area contributed by atoms with Gasteiger partial charge in [-0.05, 0) is 13.8 Å². The van der Waals surface area contributed by atoms with Gasteiger partial charge in [0, 0.05) is 19.6 Å². The molecule has 19 heavy (non-hydrogen) atoms. The number of anilines is 3. The molecule has 0 aliphatic rings. The fourth-order valence-corrected chi connectivity index (χ4v) is 1.80. The number of aromatic nitrogens is 3. The van der Waals surface area contributed by atoms with Crippen LogP contribution < -0.4 is 21.1 Å². The second kappa shape index (κ2) is 6.48. The molecule has 0 aliphatic carbocycles. The molecule has 10 heteroatoms. The molecule has 0 bridgehead atoms. The normalized spacial score (nSPS) is 11.3. The van der Waals surface area contributed by atoms with E-state index >= 15 is 0 Å². The Morgan fingerprint density at radius 3 is 2.37 bits per heavy atom. The molecular formula is C9H19N7O2S. The van der Waals surface area contributed by atoms with E-state index in [4.69, 9.17) is 10.9 Å². The molecule has 0 radical (unpaired) electrons. The lowest BCUT2D eigenvalue weighted by Crippen LogP contribution is -2.26. The van der Waals surface area contributed by atoms with Crippen LogP contribution in [0.1, 0.15) is 13.8 Å². The molecule has 1 aromatic heterocycles. The van der Waals surface area contributed by atoms with Gasteiger partial charge in [-0.1, -0.05) is 0 Å². The Labute approximate surface area is 112 Å². The molecule has 0 atom stereocenters. The van der Waals surface area contributed by atoms with E-state index in [1.165, 1.54) is 0 Å². The first-order valence-corrected chi connectivity index (χ1v) is 7.58. The summed E-state index contributed by atoms with van der Waals surface area (Å²) >= 11 is 0. The number of nitrogens with two attached hydrogens (primary N) is 2. The van der Waals surface area contributed by atoms with E-state index in [2.05, 4.69) is 20.3 Å². The fourth-order valence-electron chi connectivity index (χ4n) is 1.41. The number of nitrogens with one attached hydrogen (secondary N) is 1. The minimum Gasteiger partial charge on any atom is -0.368 e. The SMILES string of the molecule is CCN(CC)c1nc(N)nc(NCCS(N)(=O)=O)n1. The molecule has 1 rings (SSSR count). The highest BCUT2D eigenvalue weighted by atomic mass is 32.2. The van der Waals surface area contributed by atoms with E-state index in [0.717, 1.165) is 13.1 Å². The molecule has 0 unspecified atom stereocenters. The first kappa shape index (κ1) is 15.4. The van der Waals surface area contributed by atoms with E-state index < -0.39 is 10.0 Å². The van der Waals surface area contributed by atoms with Crippen molar-refractivity contribution in [2.24, 2.45) is 5.14 Å². The maximum Gasteiger partial charge on any atom is 0.231 e. The number of nitrogens with zero attached hydrogens (tertiary/aromatic N) is 4. The minimum absolute atomic E-state index is 0.0787. The first-order chi connectivity index (χ1) is 8.85. The summed E-state index contributed by atoms with van der Waals surface area (Å²) in [5.41, 5.74) is 5.59. The molecule has 0 spiro atoms. The summed E-state index contributed by atoms with van der Waals surface area (Å²) in [5, 5.41) is 7.65. The Bertz CT molecular complexity index is 515. The molecule has 108 valence electrons. The molecule has 1 heterocycles. The molecule has 0 aliphatic heterocycles. The van der Waals surface area contributed by atoms with Crippen molar-refractivity contribution in [3.8, 4) is 0 Å². The quantitative estimate of drug-likeness (QED) is 0.580. The van der Waals surface area contributed by atoms with Crippen LogP contribution in [0, 0.1) is 0 Å². The third kappa shape index (κ3) is 5.22. The number of rotatable bonds is 7. The average Bonchev–Trinajstić information content (AvgIpc) is 2.28. The number of nitrogen functional groups attached to an aromatic ring is 1. The lowest BCUT2D eigenvalue weighted by Gasteiger charge is -2.18. The van der Waals surface area contributed by atoms with Crippen LogP contribution in [0.3, 0.4) is 0 Å². The van der Waals surface area contributed by atoms with Gasteiger partial charge in [-0.2, -0.15) is 15.0 Å². The molecule has 5 N–H and O–H groups in total. The molecular weight excluding hydrogens is 270 g/mol. The second-order valence-electron chi connectivity index (χ2n) is 3.78. The Morgan fingerprint density at radius 2 is 1.84 bits per heavy atom. The first-order valence-electron chi connectivity index (χ1n) is 5.86. The van der Waals surface area contributed by atoms with E-state index in [1.807, 2.05) is 18.7 Å².